The van der Waals surface area contributed by atoms with Gasteiger partial charge in [-0.1, -0.05) is 218 Å². The van der Waals surface area contributed by atoms with Gasteiger partial charge in [0.1, 0.15) is 0 Å². The molecule has 14 aromatic carbocycles. The number of hydrogen-bond acceptors (Lipinski definition) is 4. The van der Waals surface area contributed by atoms with E-state index in [1.165, 1.54) is 22.3 Å². The molecule has 0 aliphatic heterocycles. The summed E-state index contributed by atoms with van der Waals surface area (Å²) in [4.78, 5) is 9.52. The Kier molecular flexibility index (Phi) is 16.7. The van der Waals surface area contributed by atoms with E-state index in [4.69, 9.17) is 0 Å². The van der Waals surface area contributed by atoms with Crippen molar-refractivity contribution in [1.29, 1.82) is 0 Å². The molecule has 0 N–H and O–H groups in total. The number of benzene rings is 14. The van der Waals surface area contributed by atoms with Gasteiger partial charge in [0.05, 0.1) is 0 Å². The highest BCUT2D eigenvalue weighted by atomic mass is 15.2. The molecule has 14 rings (SSSR count). The molecule has 0 saturated carbocycles. The molecule has 0 radical (unpaired) electrons. The van der Waals surface area contributed by atoms with E-state index in [1.807, 2.05) is 0 Å². The Morgan fingerprint density at radius 2 is 0.380 bits per heavy atom. The average molecular weight is 1180 g/mol. The summed E-state index contributed by atoms with van der Waals surface area (Å²) in [7, 11) is 0. The molecule has 0 amide bonds. The van der Waals surface area contributed by atoms with Crippen LogP contribution in [-0.4, -0.2) is 0 Å². The molecule has 0 heterocycles. The van der Waals surface area contributed by atoms with Crippen molar-refractivity contribution in [2.24, 2.45) is 0 Å². The highest BCUT2D eigenvalue weighted by molar-refractivity contribution is 5.89. The van der Waals surface area contributed by atoms with Gasteiger partial charge in [-0.25, -0.2) is 0 Å². The van der Waals surface area contributed by atoms with Gasteiger partial charge in [0.25, 0.3) is 0 Å². The third kappa shape index (κ3) is 11.9. The van der Waals surface area contributed by atoms with Crippen LogP contribution in [0.4, 0.5) is 68.2 Å². The van der Waals surface area contributed by atoms with E-state index in [-0.39, 0.29) is 5.92 Å². The van der Waals surface area contributed by atoms with E-state index >= 15 is 0 Å². The van der Waals surface area contributed by atoms with Gasteiger partial charge >= 0.3 is 0 Å². The van der Waals surface area contributed by atoms with Crippen LogP contribution in [0.2, 0.25) is 0 Å². The lowest BCUT2D eigenvalue weighted by molar-refractivity contribution is 0.980. The van der Waals surface area contributed by atoms with Crippen LogP contribution in [0, 0.1) is 20.8 Å². The minimum atomic E-state index is -0.383. The molecule has 0 saturated heterocycles. The Bertz CT molecular complexity index is 4350. The lowest BCUT2D eigenvalue weighted by Crippen LogP contribution is -2.15. The van der Waals surface area contributed by atoms with Crippen LogP contribution in [0.3, 0.4) is 0 Å². The fourth-order valence-corrected chi connectivity index (χ4v) is 13.3. The van der Waals surface area contributed by atoms with Crippen LogP contribution in [0.25, 0.3) is 33.4 Å². The van der Waals surface area contributed by atoms with Crippen LogP contribution in [0.1, 0.15) is 39.3 Å². The minimum absolute atomic E-state index is 0.383. The SMILES string of the molecule is Cc1ccccc1-c1ccccc1C(c1cc(N(c2ccccc2)c2ccccc2)ccc1-c1ccc(N(c2ccccc2)c2ccccc2)cc1C)c1cc(N(c2ccccc2)c2ccccc2)ccc1-c1ccc(N(c2ccccc2)c2ccccc2)cc1C. The maximum atomic E-state index is 2.50. The van der Waals surface area contributed by atoms with E-state index in [9.17, 15) is 0 Å². The zero-order chi connectivity index (χ0) is 62.2. The standard InChI is InChI=1S/C88H70N4/c1-64-32-28-29-49-79(64)82-50-30-31-51-85(82)88(86-62-77(91(71-41-20-8-21-42-71)72-43-22-9-23-44-72)54-58-83(86)80-56-52-75(60-65(80)2)89(67-33-12-4-13-34-67)68-35-14-5-15-36-68)87-63-78(92(73-45-24-10-25-46-73)74-47-26-11-27-48-74)55-59-84(87)81-57-53-76(61-66(81)3)90(69-37-16-6-17-38-69)70-39-18-7-19-40-70/h4-63,88H,1-3H3. The van der Waals surface area contributed by atoms with E-state index in [0.29, 0.717) is 0 Å². The van der Waals surface area contributed by atoms with Crippen molar-refractivity contribution in [3.8, 4) is 33.4 Å². The van der Waals surface area contributed by atoms with Crippen molar-refractivity contribution < 1.29 is 0 Å². The van der Waals surface area contributed by atoms with Gasteiger partial charge in [0.15, 0.2) is 0 Å². The number of aryl methyl sites for hydroxylation is 3. The molecule has 4 heteroatoms. The average Bonchev–Trinajstić information content (AvgIpc) is 0.774. The molecule has 0 unspecified atom stereocenters. The fourth-order valence-electron chi connectivity index (χ4n) is 13.3. The topological polar surface area (TPSA) is 13.0 Å². The molecule has 0 fully saturated rings. The number of para-hydroxylation sites is 8. The molecule has 442 valence electrons. The maximum Gasteiger partial charge on any atom is 0.0465 e. The highest BCUT2D eigenvalue weighted by Crippen LogP contribution is 2.51. The lowest BCUT2D eigenvalue weighted by Gasteiger charge is -2.32. The number of hydrogen-bond donors (Lipinski definition) is 0. The zero-order valence-corrected chi connectivity index (χ0v) is 52.0. The third-order valence-corrected chi connectivity index (χ3v) is 17.5. The summed E-state index contributed by atoms with van der Waals surface area (Å²) >= 11 is 0. The molecular weight excluding hydrogens is 1110 g/mol. The van der Waals surface area contributed by atoms with Gasteiger partial charge in [0, 0.05) is 74.2 Å². The Morgan fingerprint density at radius 3 is 0.663 bits per heavy atom. The second kappa shape index (κ2) is 26.5. The summed E-state index contributed by atoms with van der Waals surface area (Å²) in [5.74, 6) is -0.383. The Labute approximate surface area is 542 Å². The first-order chi connectivity index (χ1) is 45.4. The molecule has 14 aromatic rings. The van der Waals surface area contributed by atoms with Crippen LogP contribution in [0.5, 0.6) is 0 Å². The fraction of sp³-hybridized carbons (Fsp3) is 0.0455. The van der Waals surface area contributed by atoms with Gasteiger partial charge in [-0.3, -0.25) is 0 Å². The van der Waals surface area contributed by atoms with Crippen molar-refractivity contribution in [2.45, 2.75) is 26.7 Å². The van der Waals surface area contributed by atoms with Crippen LogP contribution < -0.4 is 19.6 Å². The second-order valence-corrected chi connectivity index (χ2v) is 23.4. The van der Waals surface area contributed by atoms with Gasteiger partial charge in [-0.05, 0) is 233 Å². The summed E-state index contributed by atoms with van der Waals surface area (Å²) in [6.45, 7) is 6.81. The first kappa shape index (κ1) is 58.0. The van der Waals surface area contributed by atoms with E-state index in [2.05, 4.69) is 404 Å². The summed E-state index contributed by atoms with van der Waals surface area (Å²) < 4.78 is 0. The molecular formula is C88H70N4. The van der Waals surface area contributed by atoms with Crippen molar-refractivity contribution in [1.82, 2.24) is 0 Å². The largest absolute Gasteiger partial charge is 0.310 e. The monoisotopic (exact) mass is 1180 g/mol. The van der Waals surface area contributed by atoms with Crippen LogP contribution in [0.15, 0.2) is 364 Å². The van der Waals surface area contributed by atoms with E-state index < -0.39 is 0 Å². The Balaban J connectivity index is 1.08. The first-order valence-corrected chi connectivity index (χ1v) is 31.7. The smallest absolute Gasteiger partial charge is 0.0465 e. The molecule has 0 atom stereocenters. The predicted molar refractivity (Wildman–Crippen MR) is 390 cm³/mol. The molecule has 0 aliphatic rings. The normalized spacial score (nSPS) is 11.1. The summed E-state index contributed by atoms with van der Waals surface area (Å²) in [6, 6.07) is 133. The summed E-state index contributed by atoms with van der Waals surface area (Å²) in [5.41, 5.74) is 26.9. The first-order valence-electron chi connectivity index (χ1n) is 31.7. The Hall–Kier alpha value is -11.7. The van der Waals surface area contributed by atoms with Crippen LogP contribution >= 0.6 is 0 Å². The highest BCUT2D eigenvalue weighted by Gasteiger charge is 2.31. The molecule has 0 aromatic heterocycles. The van der Waals surface area contributed by atoms with E-state index in [0.717, 1.165) is 113 Å². The predicted octanol–water partition coefficient (Wildman–Crippen LogP) is 24.7. The molecule has 0 bridgehead atoms. The van der Waals surface area contributed by atoms with Gasteiger partial charge in [0.2, 0.25) is 0 Å². The maximum absolute atomic E-state index is 2.50. The molecule has 0 aliphatic carbocycles. The quantitative estimate of drug-likeness (QED) is 0.0794. The van der Waals surface area contributed by atoms with Crippen molar-refractivity contribution in [3.05, 3.63) is 397 Å². The second-order valence-electron chi connectivity index (χ2n) is 23.4. The van der Waals surface area contributed by atoms with Gasteiger partial charge in [-0.15, -0.1) is 0 Å². The van der Waals surface area contributed by atoms with E-state index in [1.54, 1.807) is 0 Å². The van der Waals surface area contributed by atoms with Gasteiger partial charge in [-0.2, -0.15) is 0 Å². The lowest BCUT2D eigenvalue weighted by atomic mass is 9.75. The number of nitrogens with zero attached hydrogens (tertiary/aromatic N) is 4. The molecule has 4 nitrogen and oxygen atoms in total. The number of rotatable bonds is 18. The Morgan fingerprint density at radius 1 is 0.163 bits per heavy atom. The van der Waals surface area contributed by atoms with Gasteiger partial charge < -0.3 is 19.6 Å². The minimum Gasteiger partial charge on any atom is -0.310 e. The number of anilines is 12. The van der Waals surface area contributed by atoms with Crippen molar-refractivity contribution >= 4 is 68.2 Å². The van der Waals surface area contributed by atoms with Crippen molar-refractivity contribution in [2.75, 3.05) is 19.6 Å². The van der Waals surface area contributed by atoms with Crippen LogP contribution in [-0.2, 0) is 0 Å². The molecule has 0 spiro atoms. The molecule has 92 heavy (non-hydrogen) atoms. The summed E-state index contributed by atoms with van der Waals surface area (Å²) in [5, 5.41) is 0. The van der Waals surface area contributed by atoms with Crippen molar-refractivity contribution in [3.63, 3.8) is 0 Å². The summed E-state index contributed by atoms with van der Waals surface area (Å²) in [6.07, 6.45) is 0. The zero-order valence-electron chi connectivity index (χ0n) is 52.0. The third-order valence-electron chi connectivity index (χ3n) is 17.5.